The largest absolute Gasteiger partial charge is 0.291 e. The molecule has 5 heteroatoms. The molecule has 0 spiro atoms. The lowest BCUT2D eigenvalue weighted by Gasteiger charge is -1.96. The van der Waals surface area contributed by atoms with Gasteiger partial charge in [-0.1, -0.05) is 6.07 Å². The summed E-state index contributed by atoms with van der Waals surface area (Å²) in [6.45, 7) is 0. The van der Waals surface area contributed by atoms with Gasteiger partial charge >= 0.3 is 0 Å². The minimum atomic E-state index is -2.57. The maximum Gasteiger partial charge on any atom is 0.168 e. The van der Waals surface area contributed by atoms with Crippen molar-refractivity contribution in [3.63, 3.8) is 0 Å². The van der Waals surface area contributed by atoms with Gasteiger partial charge in [0.1, 0.15) is 0 Å². The fraction of sp³-hybridized carbons (Fsp3) is 0. The van der Waals surface area contributed by atoms with Gasteiger partial charge in [0, 0.05) is 0 Å². The highest BCUT2D eigenvalue weighted by molar-refractivity contribution is 7.72. The van der Waals surface area contributed by atoms with Crippen molar-refractivity contribution >= 4 is 16.4 Å². The summed E-state index contributed by atoms with van der Waals surface area (Å²) in [4.78, 5) is 0.180. The zero-order valence-electron chi connectivity index (χ0n) is 5.52. The van der Waals surface area contributed by atoms with E-state index in [-0.39, 0.29) is 4.90 Å². The predicted octanol–water partition coefficient (Wildman–Crippen LogP) is 0.458. The molecule has 0 saturated heterocycles. The fourth-order valence-corrected chi connectivity index (χ4v) is 1.14. The van der Waals surface area contributed by atoms with Crippen LogP contribution in [0.1, 0.15) is 0 Å². The summed E-state index contributed by atoms with van der Waals surface area (Å²) >= 11 is 0. The molecule has 0 amide bonds. The predicted molar refractivity (Wildman–Crippen MR) is 40.4 cm³/mol. The van der Waals surface area contributed by atoms with E-state index in [9.17, 15) is 8.42 Å². The third-order valence-corrected chi connectivity index (χ3v) is 1.89. The third kappa shape index (κ3) is 1.92. The molecule has 0 aliphatic heterocycles. The van der Waals surface area contributed by atoms with Crippen molar-refractivity contribution in [3.05, 3.63) is 24.3 Å². The Morgan fingerprint density at radius 3 is 2.64 bits per heavy atom. The molecule has 1 rings (SSSR count). The molecule has 60 valence electrons. The number of hydrogen-bond acceptors (Lipinski definition) is 4. The number of nitrogens with one attached hydrogen (secondary N) is 1. The van der Waals surface area contributed by atoms with Gasteiger partial charge in [-0.05, 0) is 18.2 Å². The Balaban J connectivity index is 3.10. The number of anilines is 1. The normalized spacial score (nSPS) is 10.0. The van der Waals surface area contributed by atoms with Crippen molar-refractivity contribution in [3.8, 4) is 0 Å². The van der Waals surface area contributed by atoms with Crippen molar-refractivity contribution in [2.75, 3.05) is 5.48 Å². The third-order valence-electron chi connectivity index (χ3n) is 1.19. The first-order chi connectivity index (χ1) is 5.24. The summed E-state index contributed by atoms with van der Waals surface area (Å²) in [5.74, 6) is 0. The second-order valence-corrected chi connectivity index (χ2v) is 2.95. The Bertz CT molecular complexity index is 313. The Hall–Kier alpha value is -1.07. The Kier molecular flexibility index (Phi) is 2.45. The van der Waals surface area contributed by atoms with E-state index >= 15 is 0 Å². The first-order valence-corrected chi connectivity index (χ1v) is 4.06. The van der Waals surface area contributed by atoms with Crippen LogP contribution < -0.4 is 5.48 Å². The van der Waals surface area contributed by atoms with Gasteiger partial charge in [-0.2, -0.15) is 0 Å². The second-order valence-electron chi connectivity index (χ2n) is 1.92. The van der Waals surface area contributed by atoms with Crippen LogP contribution in [-0.4, -0.2) is 13.6 Å². The highest BCUT2D eigenvalue weighted by Crippen LogP contribution is 2.09. The van der Waals surface area contributed by atoms with E-state index in [4.69, 9.17) is 5.21 Å². The summed E-state index contributed by atoms with van der Waals surface area (Å²) in [6.07, 6.45) is 0. The van der Waals surface area contributed by atoms with Crippen molar-refractivity contribution in [2.24, 2.45) is 0 Å². The quantitative estimate of drug-likeness (QED) is 0.449. The molecule has 0 radical (unpaired) electrons. The van der Waals surface area contributed by atoms with Crippen molar-refractivity contribution < 1.29 is 13.6 Å². The molecule has 0 aliphatic carbocycles. The number of benzene rings is 1. The van der Waals surface area contributed by atoms with E-state index in [2.05, 4.69) is 0 Å². The smallest absolute Gasteiger partial charge is 0.168 e. The van der Waals surface area contributed by atoms with Crippen LogP contribution in [0.4, 0.5) is 5.69 Å². The van der Waals surface area contributed by atoms with E-state index in [1.807, 2.05) is 5.48 Å². The standard InChI is InChI=1S/C6H7NO3S/c8-7-5-2-1-3-6(4-5)11(9)10/h1-4,7-8,11H. The fourth-order valence-electron chi connectivity index (χ4n) is 0.689. The number of hydrogen-bond donors (Lipinski definition) is 3. The average molecular weight is 173 g/mol. The molecule has 1 aromatic rings. The van der Waals surface area contributed by atoms with Gasteiger partial charge in [-0.25, -0.2) is 8.42 Å². The topological polar surface area (TPSA) is 66.4 Å². The maximum atomic E-state index is 10.4. The van der Waals surface area contributed by atoms with Crippen LogP contribution in [0.5, 0.6) is 0 Å². The first-order valence-electron chi connectivity index (χ1n) is 2.88. The Labute approximate surface area is 65.4 Å². The Morgan fingerprint density at radius 1 is 1.36 bits per heavy atom. The van der Waals surface area contributed by atoms with E-state index < -0.39 is 10.7 Å². The monoisotopic (exact) mass is 173 g/mol. The van der Waals surface area contributed by atoms with Gasteiger partial charge in [0.15, 0.2) is 10.7 Å². The van der Waals surface area contributed by atoms with Gasteiger partial charge in [-0.15, -0.1) is 0 Å². The molecule has 0 saturated carbocycles. The molecular weight excluding hydrogens is 166 g/mol. The van der Waals surface area contributed by atoms with Gasteiger partial charge in [0.05, 0.1) is 10.6 Å². The average Bonchev–Trinajstić information content (AvgIpc) is 2.05. The van der Waals surface area contributed by atoms with Crippen molar-refractivity contribution in [2.45, 2.75) is 4.90 Å². The van der Waals surface area contributed by atoms with E-state index in [1.165, 1.54) is 12.1 Å². The van der Waals surface area contributed by atoms with Gasteiger partial charge < -0.3 is 0 Å². The molecule has 0 fully saturated rings. The SMILES string of the molecule is O=[SH](=O)c1cccc(NO)c1. The van der Waals surface area contributed by atoms with Gasteiger partial charge in [0.2, 0.25) is 0 Å². The van der Waals surface area contributed by atoms with Crippen LogP contribution in [0.25, 0.3) is 0 Å². The zero-order chi connectivity index (χ0) is 8.27. The molecule has 2 N–H and O–H groups in total. The molecule has 0 unspecified atom stereocenters. The van der Waals surface area contributed by atoms with Crippen LogP contribution in [0.15, 0.2) is 29.2 Å². The van der Waals surface area contributed by atoms with Crippen LogP contribution in [0, 0.1) is 0 Å². The lowest BCUT2D eigenvalue weighted by Crippen LogP contribution is -1.89. The van der Waals surface area contributed by atoms with Gasteiger partial charge in [-0.3, -0.25) is 10.7 Å². The van der Waals surface area contributed by atoms with E-state index in [1.54, 1.807) is 12.1 Å². The minimum absolute atomic E-state index is 0.180. The zero-order valence-corrected chi connectivity index (χ0v) is 6.41. The highest BCUT2D eigenvalue weighted by Gasteiger charge is 1.94. The summed E-state index contributed by atoms with van der Waals surface area (Å²) in [7, 11) is -2.57. The van der Waals surface area contributed by atoms with Crippen LogP contribution >= 0.6 is 0 Å². The van der Waals surface area contributed by atoms with E-state index in [0.717, 1.165) is 0 Å². The van der Waals surface area contributed by atoms with Crippen LogP contribution in [0.2, 0.25) is 0 Å². The molecule has 0 atom stereocenters. The lowest BCUT2D eigenvalue weighted by molar-refractivity contribution is 0.389. The molecule has 0 bridgehead atoms. The second kappa shape index (κ2) is 3.36. The summed E-state index contributed by atoms with van der Waals surface area (Å²) in [6, 6.07) is 5.89. The summed E-state index contributed by atoms with van der Waals surface area (Å²) < 4.78 is 20.8. The summed E-state index contributed by atoms with van der Waals surface area (Å²) in [5, 5.41) is 8.40. The molecule has 1 aromatic carbocycles. The number of rotatable bonds is 2. The molecule has 0 aromatic heterocycles. The molecule has 0 aliphatic rings. The van der Waals surface area contributed by atoms with Crippen LogP contribution in [-0.2, 0) is 10.7 Å². The van der Waals surface area contributed by atoms with Gasteiger partial charge in [0.25, 0.3) is 0 Å². The lowest BCUT2D eigenvalue weighted by atomic mass is 10.3. The number of thiol groups is 1. The molecule has 0 heterocycles. The Morgan fingerprint density at radius 2 is 2.09 bits per heavy atom. The highest BCUT2D eigenvalue weighted by atomic mass is 32.2. The summed E-state index contributed by atoms with van der Waals surface area (Å²) in [5.41, 5.74) is 2.22. The van der Waals surface area contributed by atoms with Crippen molar-refractivity contribution in [1.82, 2.24) is 0 Å². The molecule has 11 heavy (non-hydrogen) atoms. The van der Waals surface area contributed by atoms with Crippen LogP contribution in [0.3, 0.4) is 0 Å². The first kappa shape index (κ1) is 8.03. The minimum Gasteiger partial charge on any atom is -0.291 e. The maximum absolute atomic E-state index is 10.4. The molecule has 4 nitrogen and oxygen atoms in total. The van der Waals surface area contributed by atoms with E-state index in [0.29, 0.717) is 5.69 Å². The molecular formula is C6H7NO3S. The van der Waals surface area contributed by atoms with Crippen molar-refractivity contribution in [1.29, 1.82) is 0 Å².